The first-order valence-electron chi connectivity index (χ1n) is 11.6. The van der Waals surface area contributed by atoms with Gasteiger partial charge in [0.1, 0.15) is 18.5 Å². The van der Waals surface area contributed by atoms with Gasteiger partial charge in [0, 0.05) is 11.8 Å². The number of fused-ring (bicyclic) bond motifs is 1. The lowest BCUT2D eigenvalue weighted by Crippen LogP contribution is -2.46. The molecule has 1 saturated heterocycles. The third kappa shape index (κ3) is 4.48. The lowest BCUT2D eigenvalue weighted by molar-refractivity contribution is -0.132. The van der Waals surface area contributed by atoms with Crippen molar-refractivity contribution in [3.63, 3.8) is 0 Å². The standard InChI is InChI=1S/C29H26N2O4/c32-24(20-35-26-17-9-13-22-12-7-8-16-25(22)26)19-31-27(33)29(30-28(31)34,23-14-5-2-6-15-23)18-21-10-3-1-4-11-21/h1-17,24,32H,18-20H2,(H,30,34). The number of nitrogens with zero attached hydrogens (tertiary/aromatic N) is 1. The molecule has 0 aromatic heterocycles. The Morgan fingerprint density at radius 2 is 1.49 bits per heavy atom. The minimum absolute atomic E-state index is 0.0535. The summed E-state index contributed by atoms with van der Waals surface area (Å²) >= 11 is 0. The van der Waals surface area contributed by atoms with E-state index < -0.39 is 17.7 Å². The summed E-state index contributed by atoms with van der Waals surface area (Å²) in [5, 5.41) is 15.6. The van der Waals surface area contributed by atoms with Crippen LogP contribution in [0.1, 0.15) is 11.1 Å². The lowest BCUT2D eigenvalue weighted by atomic mass is 9.83. The molecule has 3 amide bonds. The van der Waals surface area contributed by atoms with E-state index in [4.69, 9.17) is 4.74 Å². The minimum atomic E-state index is -1.24. The molecule has 1 aliphatic rings. The SMILES string of the molecule is O=C1NC(Cc2ccccc2)(c2ccccc2)C(=O)N1CC(O)COc1cccc2ccccc12. The molecule has 2 N–H and O–H groups in total. The highest BCUT2D eigenvalue weighted by Crippen LogP contribution is 2.33. The third-order valence-corrected chi connectivity index (χ3v) is 6.33. The van der Waals surface area contributed by atoms with E-state index in [1.165, 1.54) is 0 Å². The van der Waals surface area contributed by atoms with Crippen molar-refractivity contribution < 1.29 is 19.4 Å². The second-order valence-corrected chi connectivity index (χ2v) is 8.72. The molecule has 0 radical (unpaired) electrons. The summed E-state index contributed by atoms with van der Waals surface area (Å²) in [6.07, 6.45) is -0.742. The highest BCUT2D eigenvalue weighted by atomic mass is 16.5. The number of rotatable bonds is 8. The number of ether oxygens (including phenoxy) is 1. The number of benzene rings is 4. The van der Waals surface area contributed by atoms with E-state index in [1.807, 2.05) is 103 Å². The van der Waals surface area contributed by atoms with E-state index in [2.05, 4.69) is 5.32 Å². The summed E-state index contributed by atoms with van der Waals surface area (Å²) in [7, 11) is 0. The Bertz CT molecular complexity index is 1340. The zero-order valence-electron chi connectivity index (χ0n) is 19.1. The monoisotopic (exact) mass is 466 g/mol. The molecule has 5 rings (SSSR count). The molecule has 4 aromatic rings. The van der Waals surface area contributed by atoms with Crippen LogP contribution < -0.4 is 10.1 Å². The maximum Gasteiger partial charge on any atom is 0.325 e. The normalized spacial score (nSPS) is 18.5. The van der Waals surface area contributed by atoms with Gasteiger partial charge in [0.05, 0.1) is 6.54 Å². The van der Waals surface area contributed by atoms with Gasteiger partial charge in [-0.15, -0.1) is 0 Å². The maximum atomic E-state index is 13.7. The molecule has 2 unspecified atom stereocenters. The van der Waals surface area contributed by atoms with Gasteiger partial charge in [-0.25, -0.2) is 4.79 Å². The van der Waals surface area contributed by atoms with Gasteiger partial charge < -0.3 is 15.2 Å². The predicted molar refractivity (Wildman–Crippen MR) is 134 cm³/mol. The Morgan fingerprint density at radius 3 is 2.26 bits per heavy atom. The molecule has 0 aliphatic carbocycles. The van der Waals surface area contributed by atoms with Crippen molar-refractivity contribution in [3.8, 4) is 5.75 Å². The summed E-state index contributed by atoms with van der Waals surface area (Å²) < 4.78 is 5.87. The number of aliphatic hydroxyl groups is 1. The van der Waals surface area contributed by atoms with Crippen LogP contribution in [0.5, 0.6) is 5.75 Å². The highest BCUT2D eigenvalue weighted by molar-refractivity contribution is 6.07. The van der Waals surface area contributed by atoms with Gasteiger partial charge in [-0.2, -0.15) is 0 Å². The predicted octanol–water partition coefficient (Wildman–Crippen LogP) is 4.27. The molecule has 2 atom stereocenters. The maximum absolute atomic E-state index is 13.7. The number of β-amino-alcohol motifs (C(OH)–C–C–N with tert-alkyl or cyclic N) is 1. The molecular formula is C29H26N2O4. The zero-order chi connectivity index (χ0) is 24.3. The topological polar surface area (TPSA) is 78.9 Å². The van der Waals surface area contributed by atoms with Crippen LogP contribution in [0.15, 0.2) is 103 Å². The van der Waals surface area contributed by atoms with Crippen LogP contribution in [-0.4, -0.2) is 41.2 Å². The van der Waals surface area contributed by atoms with Crippen LogP contribution in [0.3, 0.4) is 0 Å². The number of urea groups is 1. The molecule has 6 heteroatoms. The van der Waals surface area contributed by atoms with Gasteiger partial charge >= 0.3 is 6.03 Å². The second kappa shape index (κ2) is 9.60. The molecule has 4 aromatic carbocycles. The molecule has 1 aliphatic heterocycles. The molecule has 0 saturated carbocycles. The summed E-state index contributed by atoms with van der Waals surface area (Å²) in [6, 6.07) is 31.8. The molecule has 35 heavy (non-hydrogen) atoms. The van der Waals surface area contributed by atoms with Crippen LogP contribution in [0.25, 0.3) is 10.8 Å². The summed E-state index contributed by atoms with van der Waals surface area (Å²) in [5.41, 5.74) is 0.383. The number of hydrogen-bond acceptors (Lipinski definition) is 4. The van der Waals surface area contributed by atoms with E-state index in [0.29, 0.717) is 17.7 Å². The van der Waals surface area contributed by atoms with Gasteiger partial charge in [-0.05, 0) is 22.6 Å². The third-order valence-electron chi connectivity index (χ3n) is 6.33. The van der Waals surface area contributed by atoms with Crippen molar-refractivity contribution in [3.05, 3.63) is 114 Å². The van der Waals surface area contributed by atoms with Crippen molar-refractivity contribution in [1.29, 1.82) is 0 Å². The van der Waals surface area contributed by atoms with E-state index in [9.17, 15) is 14.7 Å². The molecule has 1 fully saturated rings. The van der Waals surface area contributed by atoms with Crippen molar-refractivity contribution in [2.75, 3.05) is 13.2 Å². The zero-order valence-corrected chi connectivity index (χ0v) is 19.1. The molecule has 0 bridgehead atoms. The quantitative estimate of drug-likeness (QED) is 0.380. The summed E-state index contributed by atoms with van der Waals surface area (Å²) in [4.78, 5) is 27.8. The molecule has 0 spiro atoms. The van der Waals surface area contributed by atoms with Crippen LogP contribution in [-0.2, 0) is 16.8 Å². The first-order valence-corrected chi connectivity index (χ1v) is 11.6. The Labute approximate surface area is 203 Å². The summed E-state index contributed by atoms with van der Waals surface area (Å²) in [5.74, 6) is 0.254. The van der Waals surface area contributed by atoms with Gasteiger partial charge in [0.15, 0.2) is 5.54 Å². The van der Waals surface area contributed by atoms with Crippen molar-refractivity contribution >= 4 is 22.7 Å². The van der Waals surface area contributed by atoms with Crippen LogP contribution in [0.4, 0.5) is 4.79 Å². The fraction of sp³-hybridized carbons (Fsp3) is 0.172. The first kappa shape index (κ1) is 22.6. The summed E-state index contributed by atoms with van der Waals surface area (Å²) in [6.45, 7) is -0.221. The number of nitrogens with one attached hydrogen (secondary N) is 1. The highest BCUT2D eigenvalue weighted by Gasteiger charge is 2.52. The minimum Gasteiger partial charge on any atom is -0.490 e. The van der Waals surface area contributed by atoms with Gasteiger partial charge in [-0.1, -0.05) is 97.1 Å². The average Bonchev–Trinajstić information content (AvgIpc) is 3.13. The van der Waals surface area contributed by atoms with Crippen LogP contribution in [0, 0.1) is 0 Å². The molecule has 1 heterocycles. The number of aliphatic hydroxyl groups excluding tert-OH is 1. The average molecular weight is 467 g/mol. The molecule has 6 nitrogen and oxygen atoms in total. The Balaban J connectivity index is 1.34. The van der Waals surface area contributed by atoms with Crippen molar-refractivity contribution in [2.24, 2.45) is 0 Å². The number of hydrogen-bond donors (Lipinski definition) is 2. The van der Waals surface area contributed by atoms with Crippen molar-refractivity contribution in [1.82, 2.24) is 10.2 Å². The van der Waals surface area contributed by atoms with E-state index >= 15 is 0 Å². The van der Waals surface area contributed by atoms with E-state index in [-0.39, 0.29) is 19.1 Å². The Kier molecular flexibility index (Phi) is 6.21. The number of imide groups is 1. The van der Waals surface area contributed by atoms with Gasteiger partial charge in [0.2, 0.25) is 0 Å². The second-order valence-electron chi connectivity index (χ2n) is 8.72. The number of carbonyl (C=O) groups excluding carboxylic acids is 2. The lowest BCUT2D eigenvalue weighted by Gasteiger charge is -2.28. The van der Waals surface area contributed by atoms with Crippen LogP contribution >= 0.6 is 0 Å². The Hall–Kier alpha value is -4.16. The Morgan fingerprint density at radius 1 is 0.829 bits per heavy atom. The smallest absolute Gasteiger partial charge is 0.325 e. The number of amides is 3. The molecular weight excluding hydrogens is 440 g/mol. The fourth-order valence-electron chi connectivity index (χ4n) is 4.61. The largest absolute Gasteiger partial charge is 0.490 e. The fourth-order valence-corrected chi connectivity index (χ4v) is 4.61. The first-order chi connectivity index (χ1) is 17.1. The van der Waals surface area contributed by atoms with E-state index in [0.717, 1.165) is 21.2 Å². The van der Waals surface area contributed by atoms with Crippen molar-refractivity contribution in [2.45, 2.75) is 18.1 Å². The van der Waals surface area contributed by atoms with E-state index in [1.54, 1.807) is 0 Å². The number of carbonyl (C=O) groups is 2. The van der Waals surface area contributed by atoms with Gasteiger partial charge in [-0.3, -0.25) is 9.69 Å². The molecule has 176 valence electrons. The van der Waals surface area contributed by atoms with Gasteiger partial charge in [0.25, 0.3) is 5.91 Å². The van der Waals surface area contributed by atoms with Crippen LogP contribution in [0.2, 0.25) is 0 Å².